The van der Waals surface area contributed by atoms with Gasteiger partial charge in [-0.2, -0.15) is 0 Å². The summed E-state index contributed by atoms with van der Waals surface area (Å²) in [4.78, 5) is 11.2. The van der Waals surface area contributed by atoms with Crippen molar-refractivity contribution in [2.45, 2.75) is 19.1 Å². The highest BCUT2D eigenvalue weighted by molar-refractivity contribution is 5.76. The van der Waals surface area contributed by atoms with Crippen molar-refractivity contribution in [3.05, 3.63) is 29.3 Å². The molecule has 1 aromatic carbocycles. The van der Waals surface area contributed by atoms with E-state index in [0.717, 1.165) is 0 Å². The van der Waals surface area contributed by atoms with Gasteiger partial charge in [0, 0.05) is 13.0 Å². The molecule has 1 N–H and O–H groups in total. The number of hydrogen-bond acceptors (Lipinski definition) is 4. The third-order valence-electron chi connectivity index (χ3n) is 2.59. The highest BCUT2D eigenvalue weighted by atomic mass is 19.1. The molecule has 0 spiro atoms. The van der Waals surface area contributed by atoms with Crippen molar-refractivity contribution in [1.29, 1.82) is 0 Å². The topological polar surface area (TPSA) is 47.6 Å². The van der Waals surface area contributed by atoms with Crippen LogP contribution in [0, 0.1) is 11.6 Å². The molecule has 6 heteroatoms. The van der Waals surface area contributed by atoms with Gasteiger partial charge < -0.3 is 14.8 Å². The number of nitrogens with one attached hydrogen (secondary N) is 1. The predicted octanol–water partition coefficient (Wildman–Crippen LogP) is 1.38. The molecule has 2 rings (SSSR count). The summed E-state index contributed by atoms with van der Waals surface area (Å²) >= 11 is 0. The molecule has 1 aromatic rings. The molecule has 4 nitrogen and oxygen atoms in total. The number of hydrogen-bond donors (Lipinski definition) is 1. The first-order valence-corrected chi connectivity index (χ1v) is 5.57. The van der Waals surface area contributed by atoms with Gasteiger partial charge in [0.1, 0.15) is 0 Å². The van der Waals surface area contributed by atoms with Crippen LogP contribution in [0.3, 0.4) is 0 Å². The fourth-order valence-electron chi connectivity index (χ4n) is 1.76. The van der Waals surface area contributed by atoms with Gasteiger partial charge in [0.2, 0.25) is 0 Å². The lowest BCUT2D eigenvalue weighted by Crippen LogP contribution is -2.23. The molecule has 1 fully saturated rings. The molecule has 0 radical (unpaired) electrons. The van der Waals surface area contributed by atoms with Crippen LogP contribution in [-0.4, -0.2) is 25.7 Å². The van der Waals surface area contributed by atoms with Crippen LogP contribution in [-0.2, 0) is 16.1 Å². The third-order valence-corrected chi connectivity index (χ3v) is 2.59. The van der Waals surface area contributed by atoms with Crippen LogP contribution in [0.15, 0.2) is 12.1 Å². The third kappa shape index (κ3) is 2.59. The molecular weight excluding hydrogens is 244 g/mol. The molecule has 18 heavy (non-hydrogen) atoms. The maximum atomic E-state index is 13.7. The maximum Gasteiger partial charge on any atom is 0.347 e. The zero-order chi connectivity index (χ0) is 13.1. The van der Waals surface area contributed by atoms with Gasteiger partial charge in [0.05, 0.1) is 6.61 Å². The quantitative estimate of drug-likeness (QED) is 0.828. The zero-order valence-corrected chi connectivity index (χ0v) is 9.83. The SMILES string of the molecule is CNCc1cc(F)c(OC2CCOC2=O)c(F)c1. The summed E-state index contributed by atoms with van der Waals surface area (Å²) in [5.74, 6) is -2.76. The summed E-state index contributed by atoms with van der Waals surface area (Å²) in [7, 11) is 1.68. The van der Waals surface area contributed by atoms with Crippen LogP contribution in [0.1, 0.15) is 12.0 Å². The largest absolute Gasteiger partial charge is 0.472 e. The Kier molecular flexibility index (Phi) is 3.76. The Bertz CT molecular complexity index is 442. The van der Waals surface area contributed by atoms with E-state index in [1.165, 1.54) is 12.1 Å². The van der Waals surface area contributed by atoms with Crippen molar-refractivity contribution in [3.63, 3.8) is 0 Å². The van der Waals surface area contributed by atoms with Gasteiger partial charge in [-0.15, -0.1) is 0 Å². The van der Waals surface area contributed by atoms with Gasteiger partial charge in [-0.3, -0.25) is 0 Å². The average molecular weight is 257 g/mol. The fourth-order valence-corrected chi connectivity index (χ4v) is 1.76. The van der Waals surface area contributed by atoms with E-state index in [1.54, 1.807) is 7.05 Å². The first-order valence-electron chi connectivity index (χ1n) is 5.57. The number of cyclic esters (lactones) is 1. The lowest BCUT2D eigenvalue weighted by atomic mass is 10.2. The Morgan fingerprint density at radius 2 is 2.11 bits per heavy atom. The molecule has 1 unspecified atom stereocenters. The number of benzene rings is 1. The van der Waals surface area contributed by atoms with E-state index >= 15 is 0 Å². The van der Waals surface area contributed by atoms with Crippen molar-refractivity contribution in [3.8, 4) is 5.75 Å². The van der Waals surface area contributed by atoms with Crippen molar-refractivity contribution in [1.82, 2.24) is 5.32 Å². The minimum atomic E-state index is -0.927. The second-order valence-corrected chi connectivity index (χ2v) is 3.98. The Balaban J connectivity index is 2.20. The number of ether oxygens (including phenoxy) is 2. The highest BCUT2D eigenvalue weighted by Crippen LogP contribution is 2.26. The second kappa shape index (κ2) is 5.30. The lowest BCUT2D eigenvalue weighted by Gasteiger charge is -2.12. The lowest BCUT2D eigenvalue weighted by molar-refractivity contribution is -0.143. The molecular formula is C12H13F2NO3. The van der Waals surface area contributed by atoms with Gasteiger partial charge in [-0.25, -0.2) is 13.6 Å². The van der Waals surface area contributed by atoms with Crippen LogP contribution in [0.5, 0.6) is 5.75 Å². The molecule has 0 aromatic heterocycles. The van der Waals surface area contributed by atoms with E-state index in [9.17, 15) is 13.6 Å². The standard InChI is InChI=1S/C12H13F2NO3/c1-15-6-7-4-8(13)11(9(14)5-7)18-10-2-3-17-12(10)16/h4-5,10,15H,2-3,6H2,1H3. The molecule has 0 bridgehead atoms. The Labute approximate surface area is 103 Å². The maximum absolute atomic E-state index is 13.7. The van der Waals surface area contributed by atoms with Crippen molar-refractivity contribution >= 4 is 5.97 Å². The van der Waals surface area contributed by atoms with Crippen LogP contribution in [0.2, 0.25) is 0 Å². The average Bonchev–Trinajstić information content (AvgIpc) is 2.70. The van der Waals surface area contributed by atoms with Gasteiger partial charge in [0.25, 0.3) is 0 Å². The number of rotatable bonds is 4. The minimum Gasteiger partial charge on any atom is -0.472 e. The zero-order valence-electron chi connectivity index (χ0n) is 9.83. The van der Waals surface area contributed by atoms with Gasteiger partial charge >= 0.3 is 5.97 Å². The van der Waals surface area contributed by atoms with E-state index in [1.807, 2.05) is 0 Å². The molecule has 0 aliphatic carbocycles. The van der Waals surface area contributed by atoms with Gasteiger partial charge in [0.15, 0.2) is 23.5 Å². The number of carbonyl (C=O) groups is 1. The first-order chi connectivity index (χ1) is 8.61. The smallest absolute Gasteiger partial charge is 0.347 e. The Morgan fingerprint density at radius 3 is 2.61 bits per heavy atom. The molecule has 1 atom stereocenters. The van der Waals surface area contributed by atoms with Crippen LogP contribution in [0.25, 0.3) is 0 Å². The van der Waals surface area contributed by atoms with Crippen LogP contribution >= 0.6 is 0 Å². The number of halogens is 2. The van der Waals surface area contributed by atoms with Crippen molar-refractivity contribution in [2.75, 3.05) is 13.7 Å². The molecule has 1 aliphatic rings. The molecule has 1 saturated heterocycles. The monoisotopic (exact) mass is 257 g/mol. The summed E-state index contributed by atoms with van der Waals surface area (Å²) in [5.41, 5.74) is 0.467. The van der Waals surface area contributed by atoms with Crippen LogP contribution in [0.4, 0.5) is 8.78 Å². The van der Waals surface area contributed by atoms with E-state index in [4.69, 9.17) is 4.74 Å². The van der Waals surface area contributed by atoms with E-state index < -0.39 is 29.5 Å². The molecule has 1 aliphatic heterocycles. The number of carbonyl (C=O) groups excluding carboxylic acids is 1. The van der Waals surface area contributed by atoms with E-state index in [2.05, 4.69) is 10.1 Å². The summed E-state index contributed by atoms with van der Waals surface area (Å²) in [6.07, 6.45) is -0.625. The summed E-state index contributed by atoms with van der Waals surface area (Å²) in [5, 5.41) is 2.79. The van der Waals surface area contributed by atoms with E-state index in [0.29, 0.717) is 18.5 Å². The first kappa shape index (κ1) is 12.8. The molecule has 0 amide bonds. The molecule has 98 valence electrons. The molecule has 1 heterocycles. The normalized spacial score (nSPS) is 18.8. The predicted molar refractivity (Wildman–Crippen MR) is 59.1 cm³/mol. The summed E-state index contributed by atoms with van der Waals surface area (Å²) in [6, 6.07) is 2.35. The highest BCUT2D eigenvalue weighted by Gasteiger charge is 2.30. The Morgan fingerprint density at radius 1 is 1.44 bits per heavy atom. The fraction of sp³-hybridized carbons (Fsp3) is 0.417. The summed E-state index contributed by atoms with van der Waals surface area (Å²) in [6.45, 7) is 0.560. The van der Waals surface area contributed by atoms with Gasteiger partial charge in [-0.05, 0) is 24.7 Å². The minimum absolute atomic E-state index is 0.213. The number of esters is 1. The summed E-state index contributed by atoms with van der Waals surface area (Å²) < 4.78 is 37.0. The second-order valence-electron chi connectivity index (χ2n) is 3.98. The van der Waals surface area contributed by atoms with E-state index in [-0.39, 0.29) is 6.61 Å². The van der Waals surface area contributed by atoms with Crippen molar-refractivity contribution in [2.24, 2.45) is 0 Å². The molecule has 0 saturated carbocycles. The van der Waals surface area contributed by atoms with Crippen molar-refractivity contribution < 1.29 is 23.0 Å². The Hall–Kier alpha value is -1.69. The van der Waals surface area contributed by atoms with Crippen LogP contribution < -0.4 is 10.1 Å². The van der Waals surface area contributed by atoms with Gasteiger partial charge in [-0.1, -0.05) is 0 Å².